The summed E-state index contributed by atoms with van der Waals surface area (Å²) < 4.78 is 2.13. The maximum atomic E-state index is 5.09. The fraction of sp³-hybridized carbons (Fsp3) is 0.476. The third-order valence-electron chi connectivity index (χ3n) is 6.10. The second kappa shape index (κ2) is 7.09. The van der Waals surface area contributed by atoms with E-state index in [9.17, 15) is 0 Å². The summed E-state index contributed by atoms with van der Waals surface area (Å²) in [4.78, 5) is 16.6. The Morgan fingerprint density at radius 3 is 2.76 bits per heavy atom. The van der Waals surface area contributed by atoms with Crippen LogP contribution in [-0.4, -0.2) is 42.8 Å². The predicted molar refractivity (Wildman–Crippen MR) is 112 cm³/mol. The van der Waals surface area contributed by atoms with Crippen LogP contribution in [0.4, 0.5) is 11.6 Å². The number of pyridine rings is 1. The first-order chi connectivity index (χ1) is 14.2. The SMILES string of the molecule is CCC1c2nnc(C)n2-c2cnc(-c3ccnc(NC)c3)nc2N1C1CCCC1. The van der Waals surface area contributed by atoms with Crippen LogP contribution in [0.15, 0.2) is 24.5 Å². The molecule has 1 aliphatic carbocycles. The van der Waals surface area contributed by atoms with E-state index in [0.29, 0.717) is 6.04 Å². The number of aryl methyl sites for hydroxylation is 1. The van der Waals surface area contributed by atoms with Crippen molar-refractivity contribution in [1.29, 1.82) is 0 Å². The summed E-state index contributed by atoms with van der Waals surface area (Å²) in [6.07, 6.45) is 9.61. The first kappa shape index (κ1) is 18.0. The highest BCUT2D eigenvalue weighted by Crippen LogP contribution is 2.43. The van der Waals surface area contributed by atoms with Gasteiger partial charge in [-0.3, -0.25) is 4.57 Å². The summed E-state index contributed by atoms with van der Waals surface area (Å²) in [5, 5.41) is 12.0. The normalized spacial score (nSPS) is 18.6. The molecule has 5 rings (SSSR count). The van der Waals surface area contributed by atoms with Gasteiger partial charge in [0.25, 0.3) is 0 Å². The van der Waals surface area contributed by atoms with Crippen LogP contribution in [-0.2, 0) is 0 Å². The molecule has 3 aromatic rings. The molecule has 0 bridgehead atoms. The van der Waals surface area contributed by atoms with Crippen LogP contribution in [0.1, 0.15) is 56.7 Å². The quantitative estimate of drug-likeness (QED) is 0.727. The number of anilines is 2. The molecule has 0 radical (unpaired) electrons. The summed E-state index contributed by atoms with van der Waals surface area (Å²) >= 11 is 0. The minimum atomic E-state index is 0.180. The van der Waals surface area contributed by atoms with Crippen molar-refractivity contribution in [3.63, 3.8) is 0 Å². The average Bonchev–Trinajstić information content (AvgIpc) is 3.42. The molecule has 1 atom stereocenters. The molecular formula is C21H26N8. The fourth-order valence-corrected chi connectivity index (χ4v) is 4.71. The topological polar surface area (TPSA) is 84.6 Å². The van der Waals surface area contributed by atoms with Gasteiger partial charge in [0.1, 0.15) is 17.3 Å². The maximum Gasteiger partial charge on any atom is 0.161 e. The minimum Gasteiger partial charge on any atom is -0.373 e. The molecule has 1 aliphatic heterocycles. The van der Waals surface area contributed by atoms with Crippen molar-refractivity contribution in [1.82, 2.24) is 29.7 Å². The summed E-state index contributed by atoms with van der Waals surface area (Å²) in [6.45, 7) is 4.21. The monoisotopic (exact) mass is 390 g/mol. The van der Waals surface area contributed by atoms with Gasteiger partial charge in [0.05, 0.1) is 12.2 Å². The van der Waals surface area contributed by atoms with Crippen LogP contribution in [0, 0.1) is 6.92 Å². The number of nitrogens with zero attached hydrogens (tertiary/aromatic N) is 7. The lowest BCUT2D eigenvalue weighted by molar-refractivity contribution is 0.468. The lowest BCUT2D eigenvalue weighted by atomic mass is 10.0. The largest absolute Gasteiger partial charge is 0.373 e. The Hall–Kier alpha value is -3.03. The van der Waals surface area contributed by atoms with E-state index in [4.69, 9.17) is 9.97 Å². The molecule has 1 fully saturated rings. The van der Waals surface area contributed by atoms with Gasteiger partial charge in [-0.25, -0.2) is 15.0 Å². The Morgan fingerprint density at radius 1 is 1.17 bits per heavy atom. The Bertz CT molecular complexity index is 1040. The highest BCUT2D eigenvalue weighted by atomic mass is 15.4. The van der Waals surface area contributed by atoms with E-state index in [0.717, 1.165) is 46.8 Å². The van der Waals surface area contributed by atoms with Gasteiger partial charge in [-0.2, -0.15) is 0 Å². The Kier molecular flexibility index (Phi) is 4.41. The molecule has 1 saturated carbocycles. The number of hydrogen-bond donors (Lipinski definition) is 1. The maximum absolute atomic E-state index is 5.09. The third kappa shape index (κ3) is 2.85. The van der Waals surface area contributed by atoms with Gasteiger partial charge in [-0.05, 0) is 38.3 Å². The van der Waals surface area contributed by atoms with Crippen molar-refractivity contribution in [3.8, 4) is 17.1 Å². The second-order valence-electron chi connectivity index (χ2n) is 7.79. The highest BCUT2D eigenvalue weighted by molar-refractivity contribution is 5.68. The van der Waals surface area contributed by atoms with Gasteiger partial charge in [-0.15, -0.1) is 10.2 Å². The van der Waals surface area contributed by atoms with Crippen molar-refractivity contribution < 1.29 is 0 Å². The van der Waals surface area contributed by atoms with Crippen molar-refractivity contribution in [2.24, 2.45) is 0 Å². The molecule has 1 unspecified atom stereocenters. The lowest BCUT2D eigenvalue weighted by Gasteiger charge is -2.41. The van der Waals surface area contributed by atoms with Gasteiger partial charge in [0, 0.05) is 24.8 Å². The van der Waals surface area contributed by atoms with Crippen LogP contribution >= 0.6 is 0 Å². The lowest BCUT2D eigenvalue weighted by Crippen LogP contribution is -2.42. The van der Waals surface area contributed by atoms with E-state index in [1.807, 2.05) is 32.3 Å². The zero-order valence-electron chi connectivity index (χ0n) is 17.1. The van der Waals surface area contributed by atoms with Crippen molar-refractivity contribution in [3.05, 3.63) is 36.2 Å². The highest BCUT2D eigenvalue weighted by Gasteiger charge is 2.39. The summed E-state index contributed by atoms with van der Waals surface area (Å²) in [5.41, 5.74) is 1.93. The number of rotatable bonds is 4. The minimum absolute atomic E-state index is 0.180. The molecule has 0 spiro atoms. The molecule has 8 heteroatoms. The molecule has 0 aromatic carbocycles. The Morgan fingerprint density at radius 2 is 2.00 bits per heavy atom. The van der Waals surface area contributed by atoms with Crippen LogP contribution in [0.3, 0.4) is 0 Å². The molecule has 4 heterocycles. The molecule has 3 aromatic heterocycles. The first-order valence-electron chi connectivity index (χ1n) is 10.4. The van der Waals surface area contributed by atoms with Gasteiger partial charge in [0.2, 0.25) is 0 Å². The smallest absolute Gasteiger partial charge is 0.161 e. The number of fused-ring (bicyclic) bond motifs is 3. The Labute approximate surface area is 170 Å². The van der Waals surface area contributed by atoms with E-state index in [1.54, 1.807) is 6.20 Å². The van der Waals surface area contributed by atoms with Gasteiger partial charge >= 0.3 is 0 Å². The molecular weight excluding hydrogens is 364 g/mol. The second-order valence-corrected chi connectivity index (χ2v) is 7.79. The average molecular weight is 390 g/mol. The first-order valence-corrected chi connectivity index (χ1v) is 10.4. The number of aromatic nitrogens is 6. The number of hydrogen-bond acceptors (Lipinski definition) is 7. The van der Waals surface area contributed by atoms with E-state index < -0.39 is 0 Å². The van der Waals surface area contributed by atoms with E-state index >= 15 is 0 Å². The van der Waals surface area contributed by atoms with Crippen LogP contribution in [0.25, 0.3) is 17.1 Å². The molecule has 2 aliphatic rings. The van der Waals surface area contributed by atoms with Gasteiger partial charge in [-0.1, -0.05) is 19.8 Å². The fourth-order valence-electron chi connectivity index (χ4n) is 4.71. The van der Waals surface area contributed by atoms with Gasteiger partial charge < -0.3 is 10.2 Å². The molecule has 8 nitrogen and oxygen atoms in total. The van der Waals surface area contributed by atoms with Crippen molar-refractivity contribution in [2.45, 2.75) is 58.0 Å². The van der Waals surface area contributed by atoms with Crippen LogP contribution in [0.5, 0.6) is 0 Å². The molecule has 29 heavy (non-hydrogen) atoms. The molecule has 1 N–H and O–H groups in total. The summed E-state index contributed by atoms with van der Waals surface area (Å²) in [7, 11) is 1.86. The molecule has 0 saturated heterocycles. The van der Waals surface area contributed by atoms with Crippen LogP contribution in [0.2, 0.25) is 0 Å². The number of nitrogens with one attached hydrogen (secondary N) is 1. The summed E-state index contributed by atoms with van der Waals surface area (Å²) in [5.74, 6) is 4.40. The van der Waals surface area contributed by atoms with Crippen molar-refractivity contribution >= 4 is 11.6 Å². The van der Waals surface area contributed by atoms with Crippen molar-refractivity contribution in [2.75, 3.05) is 17.3 Å². The Balaban J connectivity index is 1.69. The zero-order valence-corrected chi connectivity index (χ0v) is 17.1. The summed E-state index contributed by atoms with van der Waals surface area (Å²) in [6, 6.07) is 4.60. The predicted octanol–water partition coefficient (Wildman–Crippen LogP) is 3.68. The van der Waals surface area contributed by atoms with Gasteiger partial charge in [0.15, 0.2) is 17.5 Å². The van der Waals surface area contributed by atoms with E-state index in [1.165, 1.54) is 25.7 Å². The molecule has 150 valence electrons. The zero-order chi connectivity index (χ0) is 20.0. The molecule has 0 amide bonds. The van der Waals surface area contributed by atoms with Crippen LogP contribution < -0.4 is 10.2 Å². The standard InChI is InChI=1S/C21H26N8/c1-4-16-21-27-26-13(2)28(21)17-12-24-19(14-9-10-23-18(11-14)22-3)25-20(17)29(16)15-7-5-6-8-15/h9-12,15-16H,4-8H2,1-3H3,(H,22,23). The van der Waals surface area contributed by atoms with E-state index in [-0.39, 0.29) is 6.04 Å². The third-order valence-corrected chi connectivity index (χ3v) is 6.10. The van der Waals surface area contributed by atoms with E-state index in [2.05, 4.69) is 36.9 Å².